The highest BCUT2D eigenvalue weighted by Gasteiger charge is 2.09. The van der Waals surface area contributed by atoms with Crippen LogP contribution in [0.25, 0.3) is 21.5 Å². The standard InChI is InChI=1S/C30H30O4/c31-29(27-17-15-23-11-5-7-13-25(23)21-27)33-19-9-3-1-2-4-10-20-34-30(32)28-18-16-24-12-6-8-14-26(24)22-28/h5-8,11-18,21-22H,1-4,9-10,19-20H2. The molecule has 34 heavy (non-hydrogen) atoms. The van der Waals surface area contributed by atoms with Crippen molar-refractivity contribution in [2.24, 2.45) is 0 Å². The van der Waals surface area contributed by atoms with Gasteiger partial charge in [-0.05, 0) is 58.7 Å². The zero-order chi connectivity index (χ0) is 23.6. The zero-order valence-corrected chi connectivity index (χ0v) is 19.4. The molecule has 4 heteroatoms. The molecule has 0 N–H and O–H groups in total. The second-order valence-corrected chi connectivity index (χ2v) is 8.52. The van der Waals surface area contributed by atoms with Gasteiger partial charge in [0.25, 0.3) is 0 Å². The van der Waals surface area contributed by atoms with Gasteiger partial charge in [-0.1, -0.05) is 86.3 Å². The van der Waals surface area contributed by atoms with Crippen molar-refractivity contribution in [2.75, 3.05) is 13.2 Å². The van der Waals surface area contributed by atoms with Gasteiger partial charge < -0.3 is 9.47 Å². The Kier molecular flexibility index (Phi) is 8.28. The smallest absolute Gasteiger partial charge is 0.338 e. The number of esters is 2. The minimum Gasteiger partial charge on any atom is -0.462 e. The number of rotatable bonds is 11. The molecule has 4 aromatic rings. The Morgan fingerprint density at radius 1 is 0.471 bits per heavy atom. The average Bonchev–Trinajstić information content (AvgIpc) is 2.88. The van der Waals surface area contributed by atoms with Gasteiger partial charge in [-0.2, -0.15) is 0 Å². The van der Waals surface area contributed by atoms with Crippen molar-refractivity contribution in [3.05, 3.63) is 96.1 Å². The lowest BCUT2D eigenvalue weighted by Gasteiger charge is -2.07. The molecule has 0 spiro atoms. The van der Waals surface area contributed by atoms with Crippen LogP contribution in [0.2, 0.25) is 0 Å². The second-order valence-electron chi connectivity index (χ2n) is 8.52. The largest absolute Gasteiger partial charge is 0.462 e. The van der Waals surface area contributed by atoms with Crippen molar-refractivity contribution in [1.82, 2.24) is 0 Å². The number of carbonyl (C=O) groups is 2. The number of unbranched alkanes of at least 4 members (excludes halogenated alkanes) is 5. The Morgan fingerprint density at radius 2 is 0.853 bits per heavy atom. The maximum atomic E-state index is 12.3. The molecule has 0 amide bonds. The topological polar surface area (TPSA) is 52.6 Å². The summed E-state index contributed by atoms with van der Waals surface area (Å²) in [4.78, 5) is 24.5. The summed E-state index contributed by atoms with van der Waals surface area (Å²) in [6.07, 6.45) is 5.90. The Morgan fingerprint density at radius 3 is 1.29 bits per heavy atom. The molecule has 0 aliphatic carbocycles. The molecule has 0 unspecified atom stereocenters. The van der Waals surface area contributed by atoms with E-state index >= 15 is 0 Å². The first-order valence-corrected chi connectivity index (χ1v) is 12.0. The number of ether oxygens (including phenoxy) is 2. The summed E-state index contributed by atoms with van der Waals surface area (Å²) in [7, 11) is 0. The molecule has 0 aromatic heterocycles. The van der Waals surface area contributed by atoms with Gasteiger partial charge in [0.15, 0.2) is 0 Å². The molecule has 0 aliphatic rings. The SMILES string of the molecule is O=C(OCCCCCCCCOC(=O)c1ccc2ccccc2c1)c1ccc2ccccc2c1. The monoisotopic (exact) mass is 454 g/mol. The van der Waals surface area contributed by atoms with E-state index in [1.165, 1.54) is 0 Å². The van der Waals surface area contributed by atoms with Crippen molar-refractivity contribution in [3.8, 4) is 0 Å². The molecule has 0 aliphatic heterocycles. The van der Waals surface area contributed by atoms with E-state index < -0.39 is 0 Å². The molecule has 0 saturated carbocycles. The van der Waals surface area contributed by atoms with Crippen LogP contribution in [0.5, 0.6) is 0 Å². The van der Waals surface area contributed by atoms with Gasteiger partial charge in [0.05, 0.1) is 24.3 Å². The van der Waals surface area contributed by atoms with Crippen LogP contribution in [-0.2, 0) is 9.47 Å². The van der Waals surface area contributed by atoms with E-state index in [4.69, 9.17) is 9.47 Å². The van der Waals surface area contributed by atoms with Crippen LogP contribution in [-0.4, -0.2) is 25.2 Å². The van der Waals surface area contributed by atoms with Crippen LogP contribution in [0.1, 0.15) is 59.2 Å². The van der Waals surface area contributed by atoms with Gasteiger partial charge in [-0.25, -0.2) is 9.59 Å². The lowest BCUT2D eigenvalue weighted by molar-refractivity contribution is 0.0484. The third kappa shape index (κ3) is 6.44. The molecule has 0 heterocycles. The first-order valence-electron chi connectivity index (χ1n) is 12.0. The predicted molar refractivity (Wildman–Crippen MR) is 136 cm³/mol. The van der Waals surface area contributed by atoms with Gasteiger partial charge in [0.1, 0.15) is 0 Å². The molecule has 174 valence electrons. The Labute approximate surface area is 200 Å². The van der Waals surface area contributed by atoms with Gasteiger partial charge >= 0.3 is 11.9 Å². The lowest BCUT2D eigenvalue weighted by Crippen LogP contribution is -2.06. The quantitative estimate of drug-likeness (QED) is 0.176. The van der Waals surface area contributed by atoms with Crippen molar-refractivity contribution in [3.63, 3.8) is 0 Å². The van der Waals surface area contributed by atoms with Crippen molar-refractivity contribution in [2.45, 2.75) is 38.5 Å². The number of hydrogen-bond acceptors (Lipinski definition) is 4. The summed E-state index contributed by atoms with van der Waals surface area (Å²) in [5, 5.41) is 4.31. The molecule has 0 radical (unpaired) electrons. The summed E-state index contributed by atoms with van der Waals surface area (Å²) in [6, 6.07) is 27.2. The molecule has 0 bridgehead atoms. The Balaban J connectivity index is 1.05. The molecule has 0 saturated heterocycles. The van der Waals surface area contributed by atoms with Crippen LogP contribution < -0.4 is 0 Å². The summed E-state index contributed by atoms with van der Waals surface area (Å²) in [5.41, 5.74) is 1.19. The third-order valence-corrected chi connectivity index (χ3v) is 5.98. The van der Waals surface area contributed by atoms with Gasteiger partial charge in [-0.3, -0.25) is 0 Å². The number of fused-ring (bicyclic) bond motifs is 2. The van der Waals surface area contributed by atoms with Gasteiger partial charge in [0, 0.05) is 0 Å². The fraction of sp³-hybridized carbons (Fsp3) is 0.267. The molecule has 0 fully saturated rings. The highest BCUT2D eigenvalue weighted by molar-refractivity contribution is 5.96. The number of hydrogen-bond donors (Lipinski definition) is 0. The van der Waals surface area contributed by atoms with Crippen LogP contribution >= 0.6 is 0 Å². The second kappa shape index (κ2) is 12.0. The van der Waals surface area contributed by atoms with Crippen molar-refractivity contribution in [1.29, 1.82) is 0 Å². The Bertz CT molecular complexity index is 1160. The molecule has 4 rings (SSSR count). The van der Waals surface area contributed by atoms with E-state index in [0.29, 0.717) is 24.3 Å². The maximum Gasteiger partial charge on any atom is 0.338 e. The minimum atomic E-state index is -0.265. The van der Waals surface area contributed by atoms with Gasteiger partial charge in [0.2, 0.25) is 0 Å². The fourth-order valence-corrected chi connectivity index (χ4v) is 4.04. The Hall–Kier alpha value is -3.66. The number of benzene rings is 4. The van der Waals surface area contributed by atoms with E-state index in [-0.39, 0.29) is 11.9 Å². The summed E-state index contributed by atoms with van der Waals surface area (Å²) in [6.45, 7) is 0.879. The highest BCUT2D eigenvalue weighted by atomic mass is 16.5. The molecular formula is C30H30O4. The lowest BCUT2D eigenvalue weighted by atomic mass is 10.1. The molecule has 4 nitrogen and oxygen atoms in total. The summed E-state index contributed by atoms with van der Waals surface area (Å²) in [5.74, 6) is -0.530. The van der Waals surface area contributed by atoms with Crippen LogP contribution in [0, 0.1) is 0 Å². The molecule has 0 atom stereocenters. The van der Waals surface area contributed by atoms with Crippen LogP contribution in [0.3, 0.4) is 0 Å². The normalized spacial score (nSPS) is 10.9. The van der Waals surface area contributed by atoms with E-state index in [0.717, 1.165) is 60.1 Å². The average molecular weight is 455 g/mol. The van der Waals surface area contributed by atoms with E-state index in [9.17, 15) is 9.59 Å². The van der Waals surface area contributed by atoms with Crippen molar-refractivity contribution < 1.29 is 19.1 Å². The van der Waals surface area contributed by atoms with Crippen molar-refractivity contribution >= 4 is 33.5 Å². The minimum absolute atomic E-state index is 0.265. The van der Waals surface area contributed by atoms with Crippen LogP contribution in [0.4, 0.5) is 0 Å². The van der Waals surface area contributed by atoms with Crippen LogP contribution in [0.15, 0.2) is 84.9 Å². The first kappa shape index (κ1) is 23.5. The van der Waals surface area contributed by atoms with E-state index in [2.05, 4.69) is 0 Å². The highest BCUT2D eigenvalue weighted by Crippen LogP contribution is 2.18. The maximum absolute atomic E-state index is 12.3. The van der Waals surface area contributed by atoms with E-state index in [1.807, 2.05) is 84.9 Å². The van der Waals surface area contributed by atoms with E-state index in [1.54, 1.807) is 0 Å². The number of carbonyl (C=O) groups excluding carboxylic acids is 2. The fourth-order valence-electron chi connectivity index (χ4n) is 4.04. The first-order chi connectivity index (χ1) is 16.7. The summed E-state index contributed by atoms with van der Waals surface area (Å²) >= 11 is 0. The predicted octanol–water partition coefficient (Wildman–Crippen LogP) is 7.35. The third-order valence-electron chi connectivity index (χ3n) is 5.98. The summed E-state index contributed by atoms with van der Waals surface area (Å²) < 4.78 is 10.8. The molecule has 4 aromatic carbocycles. The van der Waals surface area contributed by atoms with Gasteiger partial charge in [-0.15, -0.1) is 0 Å². The molecular weight excluding hydrogens is 424 g/mol. The zero-order valence-electron chi connectivity index (χ0n) is 19.4.